The van der Waals surface area contributed by atoms with Crippen LogP contribution < -0.4 is 5.32 Å². The van der Waals surface area contributed by atoms with E-state index in [2.05, 4.69) is 10.2 Å². The number of nitrogens with zero attached hydrogens (tertiary/aromatic N) is 1. The molecule has 4 rings (SSSR count). The van der Waals surface area contributed by atoms with E-state index < -0.39 is 9.84 Å². The molecule has 1 heterocycles. The molecular weight excluding hydrogens is 360 g/mol. The molecule has 1 aliphatic carbocycles. The van der Waals surface area contributed by atoms with Crippen LogP contribution in [0.25, 0.3) is 0 Å². The molecular formula is C21H24N2O3S. The standard InChI is InChI=1S/C21H24N2O3S/c24-21(22-15-16-4-2-1-3-5-16)18-8-6-17(7-9-18)19-14-20(19)23-10-12-27(25,26)13-11-23/h1-9,19-20H,10-15H2,(H,22,24)/t19-,20+/m0/s1. The number of carbonyl (C=O) groups is 1. The van der Waals surface area contributed by atoms with Gasteiger partial charge in [-0.1, -0.05) is 42.5 Å². The summed E-state index contributed by atoms with van der Waals surface area (Å²) in [6.45, 7) is 1.80. The third-order valence-corrected chi connectivity index (χ3v) is 7.11. The van der Waals surface area contributed by atoms with Crippen molar-refractivity contribution in [2.45, 2.75) is 24.9 Å². The molecule has 2 aromatic rings. The Hall–Kier alpha value is -2.18. The number of amides is 1. The van der Waals surface area contributed by atoms with Gasteiger partial charge in [0.25, 0.3) is 5.91 Å². The largest absolute Gasteiger partial charge is 0.348 e. The van der Waals surface area contributed by atoms with E-state index in [1.54, 1.807) is 0 Å². The fraction of sp³-hybridized carbons (Fsp3) is 0.381. The van der Waals surface area contributed by atoms with Crippen LogP contribution in [0.4, 0.5) is 0 Å². The van der Waals surface area contributed by atoms with Crippen LogP contribution in [0.5, 0.6) is 0 Å². The second kappa shape index (κ2) is 7.44. The molecule has 0 spiro atoms. The molecule has 0 aromatic heterocycles. The predicted octanol–water partition coefficient (Wildman–Crippen LogP) is 2.20. The summed E-state index contributed by atoms with van der Waals surface area (Å²) in [5, 5.41) is 2.94. The van der Waals surface area contributed by atoms with E-state index in [4.69, 9.17) is 0 Å². The van der Waals surface area contributed by atoms with Gasteiger partial charge in [-0.05, 0) is 29.7 Å². The van der Waals surface area contributed by atoms with Crippen molar-refractivity contribution in [3.05, 3.63) is 71.3 Å². The summed E-state index contributed by atoms with van der Waals surface area (Å²) in [4.78, 5) is 14.6. The quantitative estimate of drug-likeness (QED) is 0.858. The molecule has 1 saturated carbocycles. The fourth-order valence-electron chi connectivity index (χ4n) is 3.76. The lowest BCUT2D eigenvalue weighted by Gasteiger charge is -2.26. The number of nitrogens with one attached hydrogen (secondary N) is 1. The maximum atomic E-state index is 12.3. The minimum absolute atomic E-state index is 0.0704. The van der Waals surface area contributed by atoms with Gasteiger partial charge in [-0.15, -0.1) is 0 Å². The summed E-state index contributed by atoms with van der Waals surface area (Å²) >= 11 is 0. The van der Waals surface area contributed by atoms with E-state index in [1.807, 2.05) is 54.6 Å². The molecule has 27 heavy (non-hydrogen) atoms. The molecule has 1 amide bonds. The first-order valence-electron chi connectivity index (χ1n) is 9.38. The first-order valence-corrected chi connectivity index (χ1v) is 11.2. The first-order chi connectivity index (χ1) is 13.0. The summed E-state index contributed by atoms with van der Waals surface area (Å²) in [6.07, 6.45) is 1.07. The lowest BCUT2D eigenvalue weighted by molar-refractivity contribution is 0.0951. The molecule has 2 fully saturated rings. The normalized spacial score (nSPS) is 24.3. The van der Waals surface area contributed by atoms with E-state index >= 15 is 0 Å². The summed E-state index contributed by atoms with van der Waals surface area (Å²) < 4.78 is 23.1. The smallest absolute Gasteiger partial charge is 0.251 e. The lowest BCUT2D eigenvalue weighted by atomic mass is 10.1. The van der Waals surface area contributed by atoms with Gasteiger partial charge in [0.1, 0.15) is 0 Å². The Kier molecular flexibility index (Phi) is 5.02. The molecule has 0 bridgehead atoms. The second-order valence-corrected chi connectivity index (χ2v) is 9.69. The number of hydrogen-bond acceptors (Lipinski definition) is 4. The topological polar surface area (TPSA) is 66.5 Å². The van der Waals surface area contributed by atoms with Gasteiger partial charge < -0.3 is 5.32 Å². The third kappa shape index (κ3) is 4.39. The van der Waals surface area contributed by atoms with Crippen LogP contribution >= 0.6 is 0 Å². The van der Waals surface area contributed by atoms with Crippen molar-refractivity contribution < 1.29 is 13.2 Å². The average molecular weight is 385 g/mol. The molecule has 2 aromatic carbocycles. The van der Waals surface area contributed by atoms with Crippen molar-refractivity contribution in [3.8, 4) is 0 Å². The third-order valence-electron chi connectivity index (χ3n) is 5.50. The SMILES string of the molecule is O=C(NCc1ccccc1)c1ccc([C@@H]2C[C@H]2N2CCS(=O)(=O)CC2)cc1. The Morgan fingerprint density at radius 3 is 2.33 bits per heavy atom. The Morgan fingerprint density at radius 2 is 1.67 bits per heavy atom. The van der Waals surface area contributed by atoms with Gasteiger partial charge in [0.2, 0.25) is 0 Å². The van der Waals surface area contributed by atoms with Gasteiger partial charge >= 0.3 is 0 Å². The zero-order chi connectivity index (χ0) is 18.9. The summed E-state index contributed by atoms with van der Waals surface area (Å²) in [6, 6.07) is 18.1. The highest BCUT2D eigenvalue weighted by molar-refractivity contribution is 7.91. The molecule has 2 aliphatic rings. The molecule has 6 heteroatoms. The molecule has 1 saturated heterocycles. The van der Waals surface area contributed by atoms with Gasteiger partial charge in [0, 0.05) is 37.2 Å². The van der Waals surface area contributed by atoms with Crippen LogP contribution in [0, 0.1) is 0 Å². The van der Waals surface area contributed by atoms with E-state index in [1.165, 1.54) is 5.56 Å². The number of carbonyl (C=O) groups excluding carboxylic acids is 1. The van der Waals surface area contributed by atoms with Gasteiger partial charge in [-0.2, -0.15) is 0 Å². The Morgan fingerprint density at radius 1 is 1.00 bits per heavy atom. The summed E-state index contributed by atoms with van der Waals surface area (Å²) in [7, 11) is -2.83. The Balaban J connectivity index is 1.31. The van der Waals surface area contributed by atoms with Gasteiger partial charge in [0.05, 0.1) is 11.5 Å². The van der Waals surface area contributed by atoms with Crippen LogP contribution in [0.2, 0.25) is 0 Å². The minimum atomic E-state index is -2.83. The van der Waals surface area contributed by atoms with Crippen LogP contribution in [0.15, 0.2) is 54.6 Å². The monoisotopic (exact) mass is 384 g/mol. The zero-order valence-corrected chi connectivity index (χ0v) is 16.0. The highest BCUT2D eigenvalue weighted by Crippen LogP contribution is 2.45. The number of rotatable bonds is 5. The molecule has 142 valence electrons. The van der Waals surface area contributed by atoms with Crippen LogP contribution in [-0.2, 0) is 16.4 Å². The highest BCUT2D eigenvalue weighted by Gasteiger charge is 2.44. The maximum Gasteiger partial charge on any atom is 0.251 e. The van der Waals surface area contributed by atoms with Gasteiger partial charge in [0.15, 0.2) is 9.84 Å². The van der Waals surface area contributed by atoms with Crippen molar-refractivity contribution in [2.24, 2.45) is 0 Å². The molecule has 5 nitrogen and oxygen atoms in total. The highest BCUT2D eigenvalue weighted by atomic mass is 32.2. The molecule has 1 N–H and O–H groups in total. The van der Waals surface area contributed by atoms with Crippen LogP contribution in [-0.4, -0.2) is 49.9 Å². The Labute approximate surface area is 160 Å². The van der Waals surface area contributed by atoms with Crippen molar-refractivity contribution >= 4 is 15.7 Å². The molecule has 2 atom stereocenters. The molecule has 0 radical (unpaired) electrons. The second-order valence-electron chi connectivity index (χ2n) is 7.39. The number of benzene rings is 2. The van der Waals surface area contributed by atoms with Crippen molar-refractivity contribution in [3.63, 3.8) is 0 Å². The van der Waals surface area contributed by atoms with Crippen molar-refractivity contribution in [1.29, 1.82) is 0 Å². The summed E-state index contributed by atoms with van der Waals surface area (Å²) in [5.74, 6) is 0.930. The van der Waals surface area contributed by atoms with Gasteiger partial charge in [-0.3, -0.25) is 9.69 Å². The van der Waals surface area contributed by atoms with E-state index in [-0.39, 0.29) is 17.4 Å². The summed E-state index contributed by atoms with van der Waals surface area (Å²) in [5.41, 5.74) is 2.97. The van der Waals surface area contributed by atoms with Crippen molar-refractivity contribution in [2.75, 3.05) is 24.6 Å². The van der Waals surface area contributed by atoms with Crippen LogP contribution in [0.3, 0.4) is 0 Å². The van der Waals surface area contributed by atoms with E-state index in [9.17, 15) is 13.2 Å². The first kappa shape index (κ1) is 18.2. The predicted molar refractivity (Wildman–Crippen MR) is 105 cm³/mol. The minimum Gasteiger partial charge on any atom is -0.348 e. The zero-order valence-electron chi connectivity index (χ0n) is 15.2. The fourth-order valence-corrected chi connectivity index (χ4v) is 4.99. The van der Waals surface area contributed by atoms with Crippen LogP contribution in [0.1, 0.15) is 33.8 Å². The molecule has 0 unspecified atom stereocenters. The maximum absolute atomic E-state index is 12.3. The lowest BCUT2D eigenvalue weighted by Crippen LogP contribution is -2.41. The van der Waals surface area contributed by atoms with E-state index in [0.29, 0.717) is 37.2 Å². The Bertz CT molecular complexity index is 896. The number of sulfone groups is 1. The average Bonchev–Trinajstić information content (AvgIpc) is 3.48. The van der Waals surface area contributed by atoms with Gasteiger partial charge in [-0.25, -0.2) is 8.42 Å². The van der Waals surface area contributed by atoms with E-state index in [0.717, 1.165) is 12.0 Å². The molecule has 1 aliphatic heterocycles. The van der Waals surface area contributed by atoms with Crippen molar-refractivity contribution in [1.82, 2.24) is 10.2 Å². The number of hydrogen-bond donors (Lipinski definition) is 1.